The lowest BCUT2D eigenvalue weighted by Gasteiger charge is -2.01. The number of nitrogens with zero attached hydrogens (tertiary/aromatic N) is 4. The molecular weight excluding hydrogens is 422 g/mol. The minimum absolute atomic E-state index is 0.219. The summed E-state index contributed by atoms with van der Waals surface area (Å²) in [5.41, 5.74) is 1.44. The molecule has 150 valence electrons. The zero-order valence-electron chi connectivity index (χ0n) is 15.7. The van der Waals surface area contributed by atoms with Gasteiger partial charge in [-0.25, -0.2) is 24.7 Å². The minimum Gasteiger partial charge on any atom is -0.462 e. The van der Waals surface area contributed by atoms with Crippen LogP contribution in [0, 0.1) is 0 Å². The van der Waals surface area contributed by atoms with Gasteiger partial charge in [-0.1, -0.05) is 41.7 Å². The second-order valence-corrected chi connectivity index (χ2v) is 7.70. The third kappa shape index (κ3) is 4.24. The summed E-state index contributed by atoms with van der Waals surface area (Å²) < 4.78 is 5.14. The van der Waals surface area contributed by atoms with E-state index in [2.05, 4.69) is 25.3 Å². The van der Waals surface area contributed by atoms with Gasteiger partial charge in [-0.2, -0.15) is 0 Å². The molecule has 0 bridgehead atoms. The van der Waals surface area contributed by atoms with Crippen LogP contribution in [0.5, 0.6) is 0 Å². The molecule has 0 unspecified atom stereocenters. The summed E-state index contributed by atoms with van der Waals surface area (Å²) in [6, 6.07) is 11.0. The number of ether oxygens (including phenoxy) is 1. The van der Waals surface area contributed by atoms with Gasteiger partial charge in [-0.3, -0.25) is 10.1 Å². The fourth-order valence-corrected chi connectivity index (χ4v) is 4.17. The molecule has 4 aromatic rings. The fourth-order valence-electron chi connectivity index (χ4n) is 2.55. The van der Waals surface area contributed by atoms with E-state index in [1.54, 1.807) is 30.8 Å². The molecule has 0 aliphatic heterocycles. The summed E-state index contributed by atoms with van der Waals surface area (Å²) in [5, 5.41) is 5.16. The van der Waals surface area contributed by atoms with Gasteiger partial charge in [0.15, 0.2) is 16.0 Å². The first-order valence-corrected chi connectivity index (χ1v) is 10.6. The second-order valence-electron chi connectivity index (χ2n) is 5.85. The van der Waals surface area contributed by atoms with Crippen LogP contribution in [-0.2, 0) is 4.74 Å². The second kappa shape index (κ2) is 8.89. The Morgan fingerprint density at radius 1 is 1.07 bits per heavy atom. The number of nitrogens with one attached hydrogen (secondary N) is 1. The Labute approximate surface area is 179 Å². The average Bonchev–Trinajstić information content (AvgIpc) is 3.43. The molecule has 0 spiro atoms. The zero-order valence-corrected chi connectivity index (χ0v) is 17.4. The highest BCUT2D eigenvalue weighted by Crippen LogP contribution is 2.32. The van der Waals surface area contributed by atoms with E-state index in [1.807, 2.05) is 30.3 Å². The Morgan fingerprint density at radius 3 is 2.57 bits per heavy atom. The third-order valence-electron chi connectivity index (χ3n) is 3.85. The number of hydrogen-bond acceptors (Lipinski definition) is 9. The largest absolute Gasteiger partial charge is 0.462 e. The molecule has 0 saturated heterocycles. The van der Waals surface area contributed by atoms with E-state index in [4.69, 9.17) is 4.74 Å². The number of carbonyl (C=O) groups excluding carboxylic acids is 2. The average molecular weight is 438 g/mol. The van der Waals surface area contributed by atoms with Gasteiger partial charge in [0.05, 0.1) is 12.3 Å². The lowest BCUT2D eigenvalue weighted by molar-refractivity contribution is 0.0532. The van der Waals surface area contributed by atoms with Crippen molar-refractivity contribution in [1.29, 1.82) is 0 Å². The minimum atomic E-state index is -0.480. The van der Waals surface area contributed by atoms with E-state index in [1.165, 1.54) is 11.3 Å². The highest BCUT2D eigenvalue weighted by atomic mass is 32.1. The van der Waals surface area contributed by atoms with Crippen LogP contribution in [0.25, 0.3) is 22.1 Å². The lowest BCUT2D eigenvalue weighted by Crippen LogP contribution is -2.12. The Morgan fingerprint density at radius 2 is 1.83 bits per heavy atom. The first-order valence-electron chi connectivity index (χ1n) is 8.93. The standard InChI is InChI=1S/C20H15N5O3S2/c1-2-28-19(27)15-14(12-7-4-3-5-8-12)24-20(30-15)25-17(26)13-11-29-18(23-13)16-21-9-6-10-22-16/h3-11H,2H2,1H3,(H,24,25,26). The SMILES string of the molecule is CCOC(=O)c1sc(NC(=O)c2csc(-c3ncccn3)n2)nc1-c1ccccc1. The molecule has 10 heteroatoms. The van der Waals surface area contributed by atoms with Crippen LogP contribution in [0.3, 0.4) is 0 Å². The molecule has 0 radical (unpaired) electrons. The summed E-state index contributed by atoms with van der Waals surface area (Å²) in [5.74, 6) is -0.463. The quantitative estimate of drug-likeness (QED) is 0.452. The number of amides is 1. The molecule has 3 aromatic heterocycles. The van der Waals surface area contributed by atoms with Gasteiger partial charge in [-0.15, -0.1) is 11.3 Å². The van der Waals surface area contributed by atoms with Crippen molar-refractivity contribution in [2.75, 3.05) is 11.9 Å². The van der Waals surface area contributed by atoms with Crippen LogP contribution in [0.4, 0.5) is 5.13 Å². The summed E-state index contributed by atoms with van der Waals surface area (Å²) in [6.45, 7) is 1.98. The van der Waals surface area contributed by atoms with Gasteiger partial charge < -0.3 is 4.74 Å². The van der Waals surface area contributed by atoms with Crippen LogP contribution in [0.1, 0.15) is 27.1 Å². The van der Waals surface area contributed by atoms with Crippen molar-refractivity contribution < 1.29 is 14.3 Å². The summed E-state index contributed by atoms with van der Waals surface area (Å²) >= 11 is 2.33. The van der Waals surface area contributed by atoms with E-state index in [-0.39, 0.29) is 17.4 Å². The van der Waals surface area contributed by atoms with Crippen molar-refractivity contribution in [2.45, 2.75) is 6.92 Å². The molecule has 0 fully saturated rings. The molecule has 0 saturated carbocycles. The van der Waals surface area contributed by atoms with Crippen LogP contribution in [-0.4, -0.2) is 38.4 Å². The number of hydrogen-bond donors (Lipinski definition) is 1. The molecule has 1 N–H and O–H groups in total. The number of aromatic nitrogens is 4. The molecule has 3 heterocycles. The lowest BCUT2D eigenvalue weighted by atomic mass is 10.1. The fraction of sp³-hybridized carbons (Fsp3) is 0.100. The maximum atomic E-state index is 12.7. The van der Waals surface area contributed by atoms with E-state index in [0.29, 0.717) is 21.4 Å². The molecule has 0 atom stereocenters. The monoisotopic (exact) mass is 437 g/mol. The molecule has 8 nitrogen and oxygen atoms in total. The summed E-state index contributed by atoms with van der Waals surface area (Å²) in [7, 11) is 0. The molecule has 0 aliphatic carbocycles. The first-order chi connectivity index (χ1) is 14.7. The van der Waals surface area contributed by atoms with Crippen LogP contribution in [0.2, 0.25) is 0 Å². The number of rotatable bonds is 6. The number of anilines is 1. The maximum absolute atomic E-state index is 12.7. The summed E-state index contributed by atoms with van der Waals surface area (Å²) in [4.78, 5) is 42.4. The smallest absolute Gasteiger partial charge is 0.350 e. The molecular formula is C20H15N5O3S2. The number of benzene rings is 1. The van der Waals surface area contributed by atoms with E-state index < -0.39 is 11.9 Å². The Balaban J connectivity index is 1.59. The number of thiazole rings is 2. The van der Waals surface area contributed by atoms with E-state index in [0.717, 1.165) is 16.9 Å². The molecule has 30 heavy (non-hydrogen) atoms. The number of esters is 1. The van der Waals surface area contributed by atoms with Crippen molar-refractivity contribution >= 4 is 39.7 Å². The number of carbonyl (C=O) groups is 2. The van der Waals surface area contributed by atoms with Crippen molar-refractivity contribution in [3.8, 4) is 22.1 Å². The topological polar surface area (TPSA) is 107 Å². The van der Waals surface area contributed by atoms with Gasteiger partial charge in [0, 0.05) is 23.3 Å². The van der Waals surface area contributed by atoms with E-state index in [9.17, 15) is 9.59 Å². The maximum Gasteiger partial charge on any atom is 0.350 e. The zero-order chi connectivity index (χ0) is 20.9. The first kappa shape index (κ1) is 19.8. The van der Waals surface area contributed by atoms with Crippen molar-refractivity contribution in [3.05, 3.63) is 64.7 Å². The van der Waals surface area contributed by atoms with E-state index >= 15 is 0 Å². The molecule has 1 amide bonds. The Kier molecular flexibility index (Phi) is 5.87. The molecule has 0 aliphatic rings. The van der Waals surface area contributed by atoms with Gasteiger partial charge >= 0.3 is 5.97 Å². The highest BCUT2D eigenvalue weighted by molar-refractivity contribution is 7.18. The Bertz CT molecular complexity index is 1180. The van der Waals surface area contributed by atoms with Crippen molar-refractivity contribution in [2.24, 2.45) is 0 Å². The normalized spacial score (nSPS) is 10.6. The third-order valence-corrected chi connectivity index (χ3v) is 5.64. The van der Waals surface area contributed by atoms with Gasteiger partial charge in [0.1, 0.15) is 10.6 Å². The predicted molar refractivity (Wildman–Crippen MR) is 115 cm³/mol. The van der Waals surface area contributed by atoms with Crippen LogP contribution < -0.4 is 5.32 Å². The van der Waals surface area contributed by atoms with Crippen molar-refractivity contribution in [3.63, 3.8) is 0 Å². The van der Waals surface area contributed by atoms with Gasteiger partial charge in [-0.05, 0) is 13.0 Å². The molecule has 4 rings (SSSR count). The van der Waals surface area contributed by atoms with Crippen LogP contribution in [0.15, 0.2) is 54.2 Å². The Hall–Kier alpha value is -3.50. The van der Waals surface area contributed by atoms with Gasteiger partial charge in [0.2, 0.25) is 0 Å². The van der Waals surface area contributed by atoms with Crippen molar-refractivity contribution in [1.82, 2.24) is 19.9 Å². The molecule has 1 aromatic carbocycles. The summed E-state index contributed by atoms with van der Waals surface area (Å²) in [6.07, 6.45) is 3.22. The highest BCUT2D eigenvalue weighted by Gasteiger charge is 2.22. The van der Waals surface area contributed by atoms with Gasteiger partial charge in [0.25, 0.3) is 5.91 Å². The predicted octanol–water partition coefficient (Wildman–Crippen LogP) is 4.15. The van der Waals surface area contributed by atoms with Crippen LogP contribution >= 0.6 is 22.7 Å².